The summed E-state index contributed by atoms with van der Waals surface area (Å²) in [7, 11) is 0. The normalized spacial score (nSPS) is 10.1. The van der Waals surface area contributed by atoms with Crippen LogP contribution in [-0.2, 0) is 9.59 Å². The average Bonchev–Trinajstić information content (AvgIpc) is 2.38. The van der Waals surface area contributed by atoms with Gasteiger partial charge in [-0.1, -0.05) is 22.6 Å². The highest BCUT2D eigenvalue weighted by atomic mass is 127. The van der Waals surface area contributed by atoms with Gasteiger partial charge in [0.1, 0.15) is 0 Å². The molecule has 0 spiro atoms. The molecule has 0 atom stereocenters. The molecule has 21 heavy (non-hydrogen) atoms. The molecule has 6 nitrogen and oxygen atoms in total. The molecule has 0 aliphatic carbocycles. The Bertz CT molecular complexity index is 633. The Hall–Kier alpha value is 0.550. The number of amides is 2. The lowest BCUT2D eigenvalue weighted by Crippen LogP contribution is -2.19. The Balaban J connectivity index is 3.62. The number of carbonyl (C=O) groups is 3. The maximum Gasteiger partial charge on any atom is 0.338 e. The molecule has 10 heteroatoms. The van der Waals surface area contributed by atoms with Crippen LogP contribution in [0.2, 0.25) is 0 Å². The predicted molar refractivity (Wildman–Crippen MR) is 113 cm³/mol. The number of benzene rings is 1. The molecule has 114 valence electrons. The van der Waals surface area contributed by atoms with Crippen molar-refractivity contribution < 1.29 is 19.5 Å². The molecule has 3 N–H and O–H groups in total. The molecular formula is C11H8I4N2O4. The summed E-state index contributed by atoms with van der Waals surface area (Å²) < 4.78 is 1.70. The van der Waals surface area contributed by atoms with Gasteiger partial charge in [-0.05, 0) is 67.8 Å². The fourth-order valence-corrected chi connectivity index (χ4v) is 5.78. The molecule has 1 aromatic rings. The number of carbonyl (C=O) groups excluding carboxylic acids is 2. The number of halogens is 4. The van der Waals surface area contributed by atoms with E-state index in [0.717, 1.165) is 0 Å². The summed E-state index contributed by atoms with van der Waals surface area (Å²) >= 11 is 7.67. The zero-order valence-corrected chi connectivity index (χ0v) is 19.0. The number of alkyl halides is 1. The highest BCUT2D eigenvalue weighted by molar-refractivity contribution is 14.1. The third-order valence-electron chi connectivity index (χ3n) is 2.22. The zero-order chi connectivity index (χ0) is 16.3. The fraction of sp³-hybridized carbons (Fsp3) is 0.182. The zero-order valence-electron chi connectivity index (χ0n) is 10.4. The van der Waals surface area contributed by atoms with Gasteiger partial charge in [0.2, 0.25) is 11.8 Å². The SMILES string of the molecule is CC(=O)Nc1c(I)c(NC(=O)CI)c(I)c(C(=O)O)c1I. The topological polar surface area (TPSA) is 95.5 Å². The summed E-state index contributed by atoms with van der Waals surface area (Å²) in [6.45, 7) is 1.34. The first-order chi connectivity index (χ1) is 9.70. The van der Waals surface area contributed by atoms with Crippen molar-refractivity contribution in [3.63, 3.8) is 0 Å². The quantitative estimate of drug-likeness (QED) is 0.326. The van der Waals surface area contributed by atoms with Crippen LogP contribution < -0.4 is 10.6 Å². The average molecular weight is 740 g/mol. The van der Waals surface area contributed by atoms with Crippen LogP contribution in [0.1, 0.15) is 17.3 Å². The Labute approximate surface area is 175 Å². The number of nitrogens with one attached hydrogen (secondary N) is 2. The van der Waals surface area contributed by atoms with Crippen LogP contribution in [-0.4, -0.2) is 27.3 Å². The minimum atomic E-state index is -1.11. The van der Waals surface area contributed by atoms with E-state index in [1.165, 1.54) is 6.92 Å². The van der Waals surface area contributed by atoms with Gasteiger partial charge < -0.3 is 15.7 Å². The second-order valence-corrected chi connectivity index (χ2v) is 7.73. The standard InChI is InChI=1S/C11H8I4N2O4/c1-3(18)16-9-6(13)5(11(20)21)7(14)10(8(9)15)17-4(19)2-12/h2H2,1H3,(H,16,18)(H,17,19)(H,20,21). The van der Waals surface area contributed by atoms with Crippen molar-refractivity contribution in [2.75, 3.05) is 15.1 Å². The van der Waals surface area contributed by atoms with E-state index in [0.29, 0.717) is 22.1 Å². The van der Waals surface area contributed by atoms with E-state index in [4.69, 9.17) is 0 Å². The molecule has 0 radical (unpaired) electrons. The molecule has 0 bridgehead atoms. The summed E-state index contributed by atoms with van der Waals surface area (Å²) in [6, 6.07) is 0. The van der Waals surface area contributed by atoms with Crippen molar-refractivity contribution in [2.24, 2.45) is 0 Å². The lowest BCUT2D eigenvalue weighted by molar-refractivity contribution is -0.114. The van der Waals surface area contributed by atoms with Crippen molar-refractivity contribution >= 4 is 120 Å². The maximum absolute atomic E-state index is 11.6. The van der Waals surface area contributed by atoms with Gasteiger partial charge in [-0.3, -0.25) is 9.59 Å². The third-order valence-corrected chi connectivity index (χ3v) is 6.15. The smallest absolute Gasteiger partial charge is 0.338 e. The Morgan fingerprint density at radius 1 is 1.00 bits per heavy atom. The summed E-state index contributed by atoms with van der Waals surface area (Å²) in [4.78, 5) is 34.4. The van der Waals surface area contributed by atoms with Gasteiger partial charge in [0.15, 0.2) is 0 Å². The van der Waals surface area contributed by atoms with Gasteiger partial charge in [-0.2, -0.15) is 0 Å². The van der Waals surface area contributed by atoms with E-state index in [2.05, 4.69) is 10.6 Å². The third kappa shape index (κ3) is 4.76. The van der Waals surface area contributed by atoms with Crippen molar-refractivity contribution in [3.8, 4) is 0 Å². The van der Waals surface area contributed by atoms with Gasteiger partial charge in [0, 0.05) is 6.92 Å². The number of carboxylic acids is 1. The van der Waals surface area contributed by atoms with Crippen molar-refractivity contribution in [3.05, 3.63) is 16.3 Å². The maximum atomic E-state index is 11.6. The van der Waals surface area contributed by atoms with Crippen molar-refractivity contribution in [2.45, 2.75) is 6.92 Å². The van der Waals surface area contributed by atoms with Gasteiger partial charge in [-0.25, -0.2) is 4.79 Å². The van der Waals surface area contributed by atoms with Crippen LogP contribution in [0.25, 0.3) is 0 Å². The van der Waals surface area contributed by atoms with Crippen LogP contribution in [0.4, 0.5) is 11.4 Å². The van der Waals surface area contributed by atoms with Gasteiger partial charge in [0.25, 0.3) is 0 Å². The Kier molecular flexibility index (Phi) is 7.85. The first-order valence-corrected chi connectivity index (χ1v) is 10.0. The van der Waals surface area contributed by atoms with Crippen LogP contribution in [0.3, 0.4) is 0 Å². The van der Waals surface area contributed by atoms with Crippen molar-refractivity contribution in [1.29, 1.82) is 0 Å². The van der Waals surface area contributed by atoms with E-state index < -0.39 is 5.97 Å². The van der Waals surface area contributed by atoms with E-state index in [1.54, 1.807) is 0 Å². The summed E-state index contributed by atoms with van der Waals surface area (Å²) in [5.74, 6) is -1.66. The minimum absolute atomic E-state index is 0.0594. The van der Waals surface area contributed by atoms with Gasteiger partial charge in [-0.15, -0.1) is 0 Å². The fourth-order valence-electron chi connectivity index (χ4n) is 1.42. The predicted octanol–water partition coefficient (Wildman–Crippen LogP) is 3.53. The van der Waals surface area contributed by atoms with Crippen LogP contribution in [0.15, 0.2) is 0 Å². The molecule has 0 saturated heterocycles. The molecule has 0 fully saturated rings. The Morgan fingerprint density at radius 2 is 1.48 bits per heavy atom. The van der Waals surface area contributed by atoms with Gasteiger partial charge in [0.05, 0.1) is 32.1 Å². The number of anilines is 2. The second kappa shape index (κ2) is 8.42. The minimum Gasteiger partial charge on any atom is -0.478 e. The van der Waals surface area contributed by atoms with Crippen LogP contribution in [0, 0.1) is 10.7 Å². The number of hydrogen-bond donors (Lipinski definition) is 3. The second-order valence-electron chi connectivity index (χ2n) is 3.74. The number of hydrogen-bond acceptors (Lipinski definition) is 3. The first kappa shape index (κ1) is 19.6. The van der Waals surface area contributed by atoms with E-state index >= 15 is 0 Å². The molecule has 0 unspecified atom stereocenters. The monoisotopic (exact) mass is 740 g/mol. The van der Waals surface area contributed by atoms with E-state index in [-0.39, 0.29) is 21.8 Å². The summed E-state index contributed by atoms with van der Waals surface area (Å²) in [6.07, 6.45) is 0. The summed E-state index contributed by atoms with van der Waals surface area (Å²) in [5.41, 5.74) is 0.855. The highest BCUT2D eigenvalue weighted by Crippen LogP contribution is 2.38. The van der Waals surface area contributed by atoms with Crippen molar-refractivity contribution in [1.82, 2.24) is 0 Å². The van der Waals surface area contributed by atoms with E-state index in [1.807, 2.05) is 90.4 Å². The molecule has 1 aromatic carbocycles. The highest BCUT2D eigenvalue weighted by Gasteiger charge is 2.25. The number of rotatable bonds is 4. The summed E-state index contributed by atoms with van der Waals surface area (Å²) in [5, 5.41) is 14.7. The van der Waals surface area contributed by atoms with Crippen LogP contribution in [0.5, 0.6) is 0 Å². The van der Waals surface area contributed by atoms with Gasteiger partial charge >= 0.3 is 5.97 Å². The largest absolute Gasteiger partial charge is 0.478 e. The van der Waals surface area contributed by atoms with Crippen LogP contribution >= 0.6 is 90.4 Å². The number of aromatic carboxylic acids is 1. The molecule has 0 saturated carbocycles. The molecule has 0 aromatic heterocycles. The molecule has 0 heterocycles. The lowest BCUT2D eigenvalue weighted by atomic mass is 10.1. The number of carboxylic acid groups (broad SMARTS) is 1. The first-order valence-electron chi connectivity index (χ1n) is 5.27. The molecule has 2 amide bonds. The molecule has 1 rings (SSSR count). The van der Waals surface area contributed by atoms with E-state index in [9.17, 15) is 19.5 Å². The molecular weight excluding hydrogens is 732 g/mol. The molecule has 0 aliphatic rings. The molecule has 0 aliphatic heterocycles. The lowest BCUT2D eigenvalue weighted by Gasteiger charge is -2.18. The Morgan fingerprint density at radius 3 is 1.86 bits per heavy atom.